The van der Waals surface area contributed by atoms with Gasteiger partial charge in [-0.05, 0) is 43.7 Å². The van der Waals surface area contributed by atoms with Gasteiger partial charge < -0.3 is 24.8 Å². The van der Waals surface area contributed by atoms with E-state index in [9.17, 15) is 14.4 Å². The second-order valence-corrected chi connectivity index (χ2v) is 7.06. The van der Waals surface area contributed by atoms with Crippen molar-refractivity contribution in [2.75, 3.05) is 13.2 Å². The first-order valence-corrected chi connectivity index (χ1v) is 10.3. The van der Waals surface area contributed by atoms with Crippen LogP contribution in [0.3, 0.4) is 0 Å². The molecule has 2 aromatic rings. The molecular weight excluding hydrogens is 426 g/mol. The maximum Gasteiger partial charge on any atom is 0.347 e. The summed E-state index contributed by atoms with van der Waals surface area (Å²) in [6.07, 6.45) is -0.966. The summed E-state index contributed by atoms with van der Waals surface area (Å²) in [7, 11) is 0. The number of ether oxygens (including phenoxy) is 3. The number of carbonyl (C=O) groups is 3. The summed E-state index contributed by atoms with van der Waals surface area (Å²) < 4.78 is 16.1. The van der Waals surface area contributed by atoms with E-state index in [1.165, 1.54) is 6.92 Å². The van der Waals surface area contributed by atoms with Crippen LogP contribution in [0, 0.1) is 11.3 Å². The smallest absolute Gasteiger partial charge is 0.347 e. The van der Waals surface area contributed by atoms with Crippen molar-refractivity contribution in [1.29, 1.82) is 5.26 Å². The standard InChI is InChI=1S/C24H23N3O6/c1-3-31-23(29)20-19(26-24(30)27-21(20)17-7-5-4-6-8-17)14-32-22(28)15(2)33-18-11-9-16(13-25)10-12-18/h4-12,15,21H,3,14H2,1-2H3,(H2,26,27,30). The molecule has 1 heterocycles. The van der Waals surface area contributed by atoms with Crippen molar-refractivity contribution in [3.05, 3.63) is 77.0 Å². The van der Waals surface area contributed by atoms with Crippen molar-refractivity contribution in [3.8, 4) is 11.8 Å². The number of esters is 2. The van der Waals surface area contributed by atoms with E-state index in [-0.39, 0.29) is 24.5 Å². The first-order chi connectivity index (χ1) is 15.9. The zero-order valence-corrected chi connectivity index (χ0v) is 18.2. The Morgan fingerprint density at radius 1 is 1.09 bits per heavy atom. The maximum absolute atomic E-state index is 12.7. The molecule has 0 aliphatic carbocycles. The topological polar surface area (TPSA) is 127 Å². The van der Waals surface area contributed by atoms with Crippen LogP contribution in [0.4, 0.5) is 4.79 Å². The molecule has 0 bridgehead atoms. The number of amides is 2. The van der Waals surface area contributed by atoms with Crippen LogP contribution in [0.1, 0.15) is 31.0 Å². The van der Waals surface area contributed by atoms with Gasteiger partial charge in [0.15, 0.2) is 6.10 Å². The van der Waals surface area contributed by atoms with Gasteiger partial charge in [-0.25, -0.2) is 14.4 Å². The minimum atomic E-state index is -0.966. The van der Waals surface area contributed by atoms with Crippen LogP contribution < -0.4 is 15.4 Å². The number of carbonyl (C=O) groups excluding carboxylic acids is 3. The molecule has 0 fully saturated rings. The number of hydrogen-bond acceptors (Lipinski definition) is 7. The largest absolute Gasteiger partial charge is 0.479 e. The van der Waals surface area contributed by atoms with Crippen molar-refractivity contribution in [2.24, 2.45) is 0 Å². The molecule has 3 rings (SSSR count). The molecule has 2 aromatic carbocycles. The molecule has 1 aliphatic rings. The van der Waals surface area contributed by atoms with Gasteiger partial charge in [0.1, 0.15) is 12.4 Å². The Morgan fingerprint density at radius 2 is 1.79 bits per heavy atom. The summed E-state index contributed by atoms with van der Waals surface area (Å²) >= 11 is 0. The summed E-state index contributed by atoms with van der Waals surface area (Å²) in [6, 6.07) is 15.9. The Labute approximate surface area is 190 Å². The second-order valence-electron chi connectivity index (χ2n) is 7.06. The van der Waals surface area contributed by atoms with Crippen LogP contribution in [0.2, 0.25) is 0 Å². The third kappa shape index (κ3) is 5.89. The lowest BCUT2D eigenvalue weighted by molar-refractivity contribution is -0.150. The van der Waals surface area contributed by atoms with E-state index in [0.29, 0.717) is 16.9 Å². The predicted octanol–water partition coefficient (Wildman–Crippen LogP) is 2.74. The van der Waals surface area contributed by atoms with Gasteiger partial charge in [-0.2, -0.15) is 5.26 Å². The molecule has 0 aromatic heterocycles. The summed E-state index contributed by atoms with van der Waals surface area (Å²) in [5, 5.41) is 14.1. The number of urea groups is 1. The van der Waals surface area contributed by atoms with Gasteiger partial charge in [0.2, 0.25) is 0 Å². The number of rotatable bonds is 8. The van der Waals surface area contributed by atoms with Gasteiger partial charge in [0.25, 0.3) is 0 Å². The number of nitrogens with one attached hydrogen (secondary N) is 2. The van der Waals surface area contributed by atoms with E-state index in [2.05, 4.69) is 10.6 Å². The third-order valence-electron chi connectivity index (χ3n) is 4.77. The number of benzene rings is 2. The van der Waals surface area contributed by atoms with Gasteiger partial charge in [-0.3, -0.25) is 0 Å². The quantitative estimate of drug-likeness (QED) is 0.593. The molecule has 2 amide bonds. The normalized spacial score (nSPS) is 16.0. The second kappa shape index (κ2) is 10.8. The van der Waals surface area contributed by atoms with Gasteiger partial charge in [0.05, 0.1) is 35.6 Å². The van der Waals surface area contributed by atoms with E-state index in [1.54, 1.807) is 55.5 Å². The van der Waals surface area contributed by atoms with Crippen LogP contribution in [0.25, 0.3) is 0 Å². The summed E-state index contributed by atoms with van der Waals surface area (Å²) in [5.41, 5.74) is 1.42. The summed E-state index contributed by atoms with van der Waals surface area (Å²) in [4.78, 5) is 37.5. The Kier molecular flexibility index (Phi) is 7.65. The van der Waals surface area contributed by atoms with Crippen LogP contribution in [0.15, 0.2) is 65.9 Å². The van der Waals surface area contributed by atoms with Crippen LogP contribution in [-0.2, 0) is 19.1 Å². The Bertz CT molecular complexity index is 1090. The van der Waals surface area contributed by atoms with Crippen molar-refractivity contribution in [2.45, 2.75) is 26.0 Å². The lowest BCUT2D eigenvalue weighted by Gasteiger charge is -2.29. The first-order valence-electron chi connectivity index (χ1n) is 10.3. The van der Waals surface area contributed by atoms with Crippen molar-refractivity contribution in [3.63, 3.8) is 0 Å². The molecule has 2 atom stereocenters. The zero-order valence-electron chi connectivity index (χ0n) is 18.2. The molecule has 9 heteroatoms. The zero-order chi connectivity index (χ0) is 23.8. The van der Waals surface area contributed by atoms with Gasteiger partial charge in [0, 0.05) is 0 Å². The van der Waals surface area contributed by atoms with E-state index in [1.807, 2.05) is 12.1 Å². The Hall–Kier alpha value is -4.32. The molecule has 33 heavy (non-hydrogen) atoms. The molecule has 170 valence electrons. The van der Waals surface area contributed by atoms with Crippen LogP contribution in [-0.4, -0.2) is 37.3 Å². The predicted molar refractivity (Wildman–Crippen MR) is 117 cm³/mol. The highest BCUT2D eigenvalue weighted by Gasteiger charge is 2.34. The highest BCUT2D eigenvalue weighted by Crippen LogP contribution is 2.28. The highest BCUT2D eigenvalue weighted by atomic mass is 16.6. The van der Waals surface area contributed by atoms with Crippen molar-refractivity contribution < 1.29 is 28.6 Å². The minimum Gasteiger partial charge on any atom is -0.479 e. The fourth-order valence-corrected chi connectivity index (χ4v) is 3.20. The van der Waals surface area contributed by atoms with E-state index < -0.39 is 30.1 Å². The molecule has 0 saturated heterocycles. The molecule has 2 unspecified atom stereocenters. The average Bonchev–Trinajstić information content (AvgIpc) is 2.83. The molecular formula is C24H23N3O6. The number of nitriles is 1. The van der Waals surface area contributed by atoms with E-state index in [0.717, 1.165) is 0 Å². The lowest BCUT2D eigenvalue weighted by atomic mass is 9.95. The van der Waals surface area contributed by atoms with Gasteiger partial charge in [-0.15, -0.1) is 0 Å². The fraction of sp³-hybridized carbons (Fsp3) is 0.250. The average molecular weight is 449 g/mol. The number of hydrogen-bond donors (Lipinski definition) is 2. The summed E-state index contributed by atoms with van der Waals surface area (Å²) in [6.45, 7) is 2.97. The maximum atomic E-state index is 12.7. The third-order valence-corrected chi connectivity index (χ3v) is 4.77. The van der Waals surface area contributed by atoms with Gasteiger partial charge in [-0.1, -0.05) is 30.3 Å². The van der Waals surface area contributed by atoms with Crippen molar-refractivity contribution in [1.82, 2.24) is 10.6 Å². The fourth-order valence-electron chi connectivity index (χ4n) is 3.20. The molecule has 2 N–H and O–H groups in total. The molecule has 0 spiro atoms. The SMILES string of the molecule is CCOC(=O)C1=C(COC(=O)C(C)Oc2ccc(C#N)cc2)NC(=O)NC1c1ccccc1. The van der Waals surface area contributed by atoms with Crippen molar-refractivity contribution >= 4 is 18.0 Å². The first kappa shape index (κ1) is 23.3. The summed E-state index contributed by atoms with van der Waals surface area (Å²) in [5.74, 6) is -0.935. The molecule has 9 nitrogen and oxygen atoms in total. The van der Waals surface area contributed by atoms with E-state index in [4.69, 9.17) is 19.5 Å². The minimum absolute atomic E-state index is 0.130. The van der Waals surface area contributed by atoms with Crippen LogP contribution >= 0.6 is 0 Å². The molecule has 0 radical (unpaired) electrons. The molecule has 1 aliphatic heterocycles. The Morgan fingerprint density at radius 3 is 2.42 bits per heavy atom. The lowest BCUT2D eigenvalue weighted by Crippen LogP contribution is -2.47. The monoisotopic (exact) mass is 449 g/mol. The highest BCUT2D eigenvalue weighted by molar-refractivity contribution is 5.95. The molecule has 0 saturated carbocycles. The van der Waals surface area contributed by atoms with E-state index >= 15 is 0 Å². The van der Waals surface area contributed by atoms with Crippen LogP contribution in [0.5, 0.6) is 5.75 Å². The Balaban J connectivity index is 1.77. The number of nitrogens with zero attached hydrogens (tertiary/aromatic N) is 1. The van der Waals surface area contributed by atoms with Gasteiger partial charge >= 0.3 is 18.0 Å².